The largest absolute Gasteiger partial charge is 0.298 e. The Morgan fingerprint density at radius 2 is 1.82 bits per heavy atom. The van der Waals surface area contributed by atoms with E-state index in [4.69, 9.17) is 11.6 Å². The molecule has 0 N–H and O–H groups in total. The second-order valence-corrected chi connectivity index (χ2v) is 3.86. The van der Waals surface area contributed by atoms with Gasteiger partial charge >= 0.3 is 0 Å². The minimum absolute atomic E-state index is 0.0600. The highest BCUT2D eigenvalue weighted by atomic mass is 35.5. The van der Waals surface area contributed by atoms with Crippen molar-refractivity contribution < 1.29 is 13.6 Å². The lowest BCUT2D eigenvalue weighted by molar-refractivity contribution is 0.112. The fourth-order valence-corrected chi connectivity index (χ4v) is 1.75. The normalized spacial score (nSPS) is 10.3. The topological polar surface area (TPSA) is 17.1 Å². The van der Waals surface area contributed by atoms with Gasteiger partial charge in [-0.2, -0.15) is 0 Å². The van der Waals surface area contributed by atoms with Gasteiger partial charge in [0.1, 0.15) is 11.6 Å². The zero-order chi connectivity index (χ0) is 12.4. The van der Waals surface area contributed by atoms with Crippen LogP contribution < -0.4 is 0 Å². The third kappa shape index (κ3) is 2.19. The van der Waals surface area contributed by atoms with Crippen LogP contribution in [0.1, 0.15) is 10.4 Å². The monoisotopic (exact) mass is 252 g/mol. The number of aldehydes is 1. The predicted molar refractivity (Wildman–Crippen MR) is 62.2 cm³/mol. The summed E-state index contributed by atoms with van der Waals surface area (Å²) < 4.78 is 26.4. The summed E-state index contributed by atoms with van der Waals surface area (Å²) in [6, 6.07) is 8.24. The van der Waals surface area contributed by atoms with Crippen molar-refractivity contribution in [3.05, 3.63) is 58.6 Å². The number of carbonyl (C=O) groups is 1. The van der Waals surface area contributed by atoms with Crippen molar-refractivity contribution in [3.63, 3.8) is 0 Å². The van der Waals surface area contributed by atoms with Crippen LogP contribution >= 0.6 is 11.6 Å². The third-order valence-electron chi connectivity index (χ3n) is 2.40. The van der Waals surface area contributed by atoms with Gasteiger partial charge in [-0.3, -0.25) is 4.79 Å². The van der Waals surface area contributed by atoms with Crippen molar-refractivity contribution in [1.29, 1.82) is 0 Å². The zero-order valence-electron chi connectivity index (χ0n) is 8.58. The van der Waals surface area contributed by atoms with Gasteiger partial charge in [0.25, 0.3) is 0 Å². The molecule has 0 aromatic heterocycles. The molecule has 0 spiro atoms. The number of rotatable bonds is 2. The average Bonchev–Trinajstić information content (AvgIpc) is 2.32. The van der Waals surface area contributed by atoms with E-state index in [2.05, 4.69) is 0 Å². The van der Waals surface area contributed by atoms with Crippen LogP contribution in [-0.4, -0.2) is 6.29 Å². The van der Waals surface area contributed by atoms with E-state index in [0.717, 1.165) is 0 Å². The predicted octanol–water partition coefficient (Wildman–Crippen LogP) is 4.10. The summed E-state index contributed by atoms with van der Waals surface area (Å²) in [5.74, 6) is -1.17. The Labute approximate surface area is 102 Å². The molecule has 0 bridgehead atoms. The van der Waals surface area contributed by atoms with Crippen molar-refractivity contribution in [2.45, 2.75) is 0 Å². The molecule has 0 heterocycles. The highest BCUT2D eigenvalue weighted by Gasteiger charge is 2.10. The van der Waals surface area contributed by atoms with E-state index in [0.29, 0.717) is 17.4 Å². The van der Waals surface area contributed by atoms with Gasteiger partial charge in [0.05, 0.1) is 10.6 Å². The van der Waals surface area contributed by atoms with E-state index < -0.39 is 11.6 Å². The number of carbonyl (C=O) groups excluding carboxylic acids is 1. The van der Waals surface area contributed by atoms with Crippen LogP contribution in [0, 0.1) is 11.6 Å². The maximum Gasteiger partial charge on any atom is 0.153 e. The summed E-state index contributed by atoms with van der Waals surface area (Å²) >= 11 is 5.64. The SMILES string of the molecule is O=Cc1c(F)cccc1-c1ccc(F)c(Cl)c1. The molecule has 1 nitrogen and oxygen atoms in total. The van der Waals surface area contributed by atoms with Gasteiger partial charge in [-0.05, 0) is 29.3 Å². The molecule has 0 aliphatic carbocycles. The van der Waals surface area contributed by atoms with Gasteiger partial charge in [0, 0.05) is 0 Å². The number of halogens is 3. The van der Waals surface area contributed by atoms with Crippen molar-refractivity contribution >= 4 is 17.9 Å². The Morgan fingerprint density at radius 1 is 1.06 bits per heavy atom. The Kier molecular flexibility index (Phi) is 3.20. The van der Waals surface area contributed by atoms with Crippen LogP contribution in [-0.2, 0) is 0 Å². The van der Waals surface area contributed by atoms with Crippen molar-refractivity contribution in [3.8, 4) is 11.1 Å². The van der Waals surface area contributed by atoms with Crippen molar-refractivity contribution in [1.82, 2.24) is 0 Å². The minimum atomic E-state index is -0.613. The van der Waals surface area contributed by atoms with E-state index in [1.807, 2.05) is 0 Å². The first-order valence-electron chi connectivity index (χ1n) is 4.82. The lowest BCUT2D eigenvalue weighted by atomic mass is 10.00. The Bertz CT molecular complexity index is 582. The van der Waals surface area contributed by atoms with Crippen LogP contribution in [0.25, 0.3) is 11.1 Å². The Balaban J connectivity index is 2.64. The van der Waals surface area contributed by atoms with Gasteiger partial charge in [0.15, 0.2) is 6.29 Å². The highest BCUT2D eigenvalue weighted by Crippen LogP contribution is 2.28. The van der Waals surface area contributed by atoms with Gasteiger partial charge in [-0.25, -0.2) is 8.78 Å². The van der Waals surface area contributed by atoms with Crippen molar-refractivity contribution in [2.24, 2.45) is 0 Å². The molecule has 17 heavy (non-hydrogen) atoms. The average molecular weight is 253 g/mol. The Morgan fingerprint density at radius 3 is 2.47 bits per heavy atom. The van der Waals surface area contributed by atoms with Crippen LogP contribution in [0.4, 0.5) is 8.78 Å². The van der Waals surface area contributed by atoms with E-state index in [-0.39, 0.29) is 10.6 Å². The number of hydrogen-bond donors (Lipinski definition) is 0. The molecule has 2 aromatic rings. The van der Waals surface area contributed by atoms with Gasteiger partial charge in [-0.15, -0.1) is 0 Å². The fourth-order valence-electron chi connectivity index (χ4n) is 1.57. The molecule has 2 rings (SSSR count). The summed E-state index contributed by atoms with van der Waals surface area (Å²) in [5.41, 5.74) is 0.829. The van der Waals surface area contributed by atoms with Gasteiger partial charge in [-0.1, -0.05) is 29.8 Å². The molecular weight excluding hydrogens is 246 g/mol. The smallest absolute Gasteiger partial charge is 0.153 e. The molecule has 0 radical (unpaired) electrons. The summed E-state index contributed by atoms with van der Waals surface area (Å²) in [6.07, 6.45) is 0.432. The molecule has 2 aromatic carbocycles. The summed E-state index contributed by atoms with van der Waals surface area (Å²) in [5, 5.41) is -0.0661. The van der Waals surface area contributed by atoms with E-state index in [9.17, 15) is 13.6 Å². The summed E-state index contributed by atoms with van der Waals surface area (Å²) in [4.78, 5) is 10.8. The lowest BCUT2D eigenvalue weighted by Gasteiger charge is -2.06. The number of benzene rings is 2. The maximum absolute atomic E-state index is 13.4. The van der Waals surface area contributed by atoms with Crippen LogP contribution in [0.5, 0.6) is 0 Å². The molecule has 0 fully saturated rings. The lowest BCUT2D eigenvalue weighted by Crippen LogP contribution is -1.92. The van der Waals surface area contributed by atoms with Crippen LogP contribution in [0.2, 0.25) is 5.02 Å². The molecule has 0 saturated heterocycles. The molecule has 0 aliphatic rings. The van der Waals surface area contributed by atoms with E-state index >= 15 is 0 Å². The zero-order valence-corrected chi connectivity index (χ0v) is 9.34. The van der Waals surface area contributed by atoms with E-state index in [1.165, 1.54) is 30.3 Å². The first-order valence-corrected chi connectivity index (χ1v) is 5.20. The van der Waals surface area contributed by atoms with Gasteiger partial charge < -0.3 is 0 Å². The molecule has 86 valence electrons. The first-order chi connectivity index (χ1) is 8.13. The fraction of sp³-hybridized carbons (Fsp3) is 0. The van der Waals surface area contributed by atoms with Gasteiger partial charge in [0.2, 0.25) is 0 Å². The second kappa shape index (κ2) is 4.63. The highest BCUT2D eigenvalue weighted by molar-refractivity contribution is 6.31. The molecular formula is C13H7ClF2O. The number of hydrogen-bond acceptors (Lipinski definition) is 1. The second-order valence-electron chi connectivity index (χ2n) is 3.45. The molecule has 0 atom stereocenters. The van der Waals surface area contributed by atoms with E-state index in [1.54, 1.807) is 6.07 Å². The van der Waals surface area contributed by atoms with Crippen molar-refractivity contribution in [2.75, 3.05) is 0 Å². The molecule has 0 unspecified atom stereocenters. The summed E-state index contributed by atoms with van der Waals surface area (Å²) in [7, 11) is 0. The summed E-state index contributed by atoms with van der Waals surface area (Å²) in [6.45, 7) is 0. The standard InChI is InChI=1S/C13H7ClF2O/c14-11-6-8(4-5-13(11)16)9-2-1-3-12(15)10(9)7-17/h1-7H. The minimum Gasteiger partial charge on any atom is -0.298 e. The Hall–Kier alpha value is -1.74. The first kappa shape index (κ1) is 11.7. The molecule has 0 saturated carbocycles. The third-order valence-corrected chi connectivity index (χ3v) is 2.69. The maximum atomic E-state index is 13.4. The van der Waals surface area contributed by atoms with Crippen LogP contribution in [0.15, 0.2) is 36.4 Å². The quantitative estimate of drug-likeness (QED) is 0.736. The van der Waals surface area contributed by atoms with Crippen LogP contribution in [0.3, 0.4) is 0 Å². The molecule has 0 amide bonds. The molecule has 0 aliphatic heterocycles. The molecule has 4 heteroatoms.